The van der Waals surface area contributed by atoms with Crippen molar-refractivity contribution in [3.63, 3.8) is 0 Å². The summed E-state index contributed by atoms with van der Waals surface area (Å²) in [4.78, 5) is 6.30. The van der Waals surface area contributed by atoms with Crippen LogP contribution in [0, 0.1) is 13.8 Å². The first kappa shape index (κ1) is 20.4. The molecule has 3 rings (SSSR count). The van der Waals surface area contributed by atoms with Gasteiger partial charge >= 0.3 is 0 Å². The standard InChI is InChI=1S/C22H25ClN4S/c1-17-8-9-21(20(23)14-17)25-22(28)27(12-5-11-26-13-10-24-16-26)15-19-7-4-3-6-18(19)2/h3-4,6-10,13-14,16H,5,11-12,15H2,1-2H3,(H,25,28). The van der Waals surface area contributed by atoms with Gasteiger partial charge in [0.2, 0.25) is 0 Å². The van der Waals surface area contributed by atoms with Gasteiger partial charge in [-0.3, -0.25) is 0 Å². The predicted octanol–water partition coefficient (Wildman–Crippen LogP) is 5.44. The van der Waals surface area contributed by atoms with Crippen molar-refractivity contribution >= 4 is 34.6 Å². The molecule has 0 radical (unpaired) electrons. The van der Waals surface area contributed by atoms with Crippen molar-refractivity contribution < 1.29 is 0 Å². The van der Waals surface area contributed by atoms with Crippen LogP contribution in [-0.2, 0) is 13.1 Å². The number of hydrogen-bond acceptors (Lipinski definition) is 2. The molecule has 2 aromatic carbocycles. The zero-order valence-electron chi connectivity index (χ0n) is 16.2. The van der Waals surface area contributed by atoms with Crippen LogP contribution in [0.25, 0.3) is 0 Å². The smallest absolute Gasteiger partial charge is 0.173 e. The van der Waals surface area contributed by atoms with Gasteiger partial charge < -0.3 is 14.8 Å². The van der Waals surface area contributed by atoms with Crippen molar-refractivity contribution in [3.05, 3.63) is 82.9 Å². The topological polar surface area (TPSA) is 33.1 Å². The van der Waals surface area contributed by atoms with E-state index in [1.165, 1.54) is 11.1 Å². The lowest BCUT2D eigenvalue weighted by molar-refractivity contribution is 0.395. The quantitative estimate of drug-likeness (QED) is 0.523. The van der Waals surface area contributed by atoms with Gasteiger partial charge in [0.05, 0.1) is 17.0 Å². The monoisotopic (exact) mass is 412 g/mol. The fraction of sp³-hybridized carbons (Fsp3) is 0.273. The molecule has 0 atom stereocenters. The normalized spacial score (nSPS) is 10.7. The highest BCUT2D eigenvalue weighted by atomic mass is 35.5. The van der Waals surface area contributed by atoms with Crippen LogP contribution in [0.1, 0.15) is 23.1 Å². The molecule has 0 fully saturated rings. The second kappa shape index (κ2) is 9.71. The lowest BCUT2D eigenvalue weighted by Gasteiger charge is -2.27. The minimum atomic E-state index is 0.677. The third-order valence-corrected chi connectivity index (χ3v) is 5.35. The number of rotatable bonds is 7. The van der Waals surface area contributed by atoms with Crippen LogP contribution < -0.4 is 5.32 Å². The number of benzene rings is 2. The second-order valence-electron chi connectivity index (χ2n) is 6.92. The third kappa shape index (κ3) is 5.57. The van der Waals surface area contributed by atoms with Crippen molar-refractivity contribution in [2.45, 2.75) is 33.4 Å². The summed E-state index contributed by atoms with van der Waals surface area (Å²) in [5.41, 5.74) is 4.49. The van der Waals surface area contributed by atoms with Gasteiger partial charge in [-0.05, 0) is 61.3 Å². The molecule has 0 aliphatic heterocycles. The Morgan fingerprint density at radius 3 is 2.75 bits per heavy atom. The van der Waals surface area contributed by atoms with Crippen molar-refractivity contribution in [2.75, 3.05) is 11.9 Å². The number of nitrogens with one attached hydrogen (secondary N) is 1. The van der Waals surface area contributed by atoms with Crippen LogP contribution in [0.5, 0.6) is 0 Å². The number of hydrogen-bond donors (Lipinski definition) is 1. The zero-order valence-corrected chi connectivity index (χ0v) is 17.8. The van der Waals surface area contributed by atoms with Gasteiger partial charge in [0.15, 0.2) is 5.11 Å². The largest absolute Gasteiger partial charge is 0.345 e. The molecule has 0 aliphatic rings. The van der Waals surface area contributed by atoms with E-state index in [0.29, 0.717) is 10.1 Å². The zero-order chi connectivity index (χ0) is 19.9. The minimum absolute atomic E-state index is 0.677. The van der Waals surface area contributed by atoms with Gasteiger partial charge in [-0.1, -0.05) is 41.9 Å². The van der Waals surface area contributed by atoms with E-state index in [0.717, 1.165) is 37.3 Å². The van der Waals surface area contributed by atoms with Gasteiger partial charge in [0, 0.05) is 32.0 Å². The molecule has 0 aliphatic carbocycles. The molecule has 1 aromatic heterocycles. The summed E-state index contributed by atoms with van der Waals surface area (Å²) in [6, 6.07) is 14.4. The number of anilines is 1. The van der Waals surface area contributed by atoms with Crippen LogP contribution in [-0.4, -0.2) is 26.1 Å². The Hall–Kier alpha value is -2.37. The van der Waals surface area contributed by atoms with Crippen molar-refractivity contribution in [1.82, 2.24) is 14.5 Å². The highest BCUT2D eigenvalue weighted by Gasteiger charge is 2.13. The van der Waals surface area contributed by atoms with Crippen LogP contribution in [0.2, 0.25) is 5.02 Å². The Balaban J connectivity index is 1.71. The van der Waals surface area contributed by atoms with E-state index in [4.69, 9.17) is 23.8 Å². The maximum atomic E-state index is 6.38. The number of nitrogens with zero attached hydrogens (tertiary/aromatic N) is 3. The summed E-state index contributed by atoms with van der Waals surface area (Å²) < 4.78 is 2.08. The van der Waals surface area contributed by atoms with Crippen molar-refractivity contribution in [3.8, 4) is 0 Å². The van der Waals surface area contributed by atoms with Crippen LogP contribution in [0.4, 0.5) is 5.69 Å². The molecular weight excluding hydrogens is 388 g/mol. The lowest BCUT2D eigenvalue weighted by atomic mass is 10.1. The summed E-state index contributed by atoms with van der Waals surface area (Å²) in [6.07, 6.45) is 6.59. The number of thiocarbonyl (C=S) groups is 1. The Morgan fingerprint density at radius 1 is 1.21 bits per heavy atom. The molecule has 0 spiro atoms. The van der Waals surface area contributed by atoms with E-state index in [-0.39, 0.29) is 0 Å². The molecule has 6 heteroatoms. The number of halogens is 1. The predicted molar refractivity (Wildman–Crippen MR) is 121 cm³/mol. The first-order valence-corrected chi connectivity index (χ1v) is 10.1. The molecule has 146 valence electrons. The molecule has 0 bridgehead atoms. The Morgan fingerprint density at radius 2 is 2.04 bits per heavy atom. The molecule has 1 heterocycles. The molecule has 0 saturated carbocycles. The third-order valence-electron chi connectivity index (χ3n) is 4.68. The first-order valence-electron chi connectivity index (χ1n) is 9.35. The summed E-state index contributed by atoms with van der Waals surface area (Å²) >= 11 is 12.1. The number of imidazole rings is 1. The van der Waals surface area contributed by atoms with Gasteiger partial charge in [0.25, 0.3) is 0 Å². The fourth-order valence-corrected chi connectivity index (χ4v) is 3.57. The average molecular weight is 413 g/mol. The summed E-state index contributed by atoms with van der Waals surface area (Å²) in [7, 11) is 0. The fourth-order valence-electron chi connectivity index (χ4n) is 3.02. The van der Waals surface area contributed by atoms with Crippen LogP contribution in [0.3, 0.4) is 0 Å². The average Bonchev–Trinajstić information content (AvgIpc) is 3.18. The molecular formula is C22H25ClN4S. The Kier molecular flexibility index (Phi) is 7.06. The van der Waals surface area contributed by atoms with Crippen molar-refractivity contribution in [2.24, 2.45) is 0 Å². The van der Waals surface area contributed by atoms with E-state index < -0.39 is 0 Å². The van der Waals surface area contributed by atoms with Crippen LogP contribution in [0.15, 0.2) is 61.2 Å². The van der Waals surface area contributed by atoms with Crippen LogP contribution >= 0.6 is 23.8 Å². The molecule has 28 heavy (non-hydrogen) atoms. The van der Waals surface area contributed by atoms with E-state index in [9.17, 15) is 0 Å². The summed E-state index contributed by atoms with van der Waals surface area (Å²) in [5, 5.41) is 4.68. The lowest BCUT2D eigenvalue weighted by Crippen LogP contribution is -2.35. The highest BCUT2D eigenvalue weighted by Crippen LogP contribution is 2.23. The SMILES string of the molecule is Cc1ccc(NC(=S)N(CCCn2ccnc2)Cc2ccccc2C)c(Cl)c1. The summed E-state index contributed by atoms with van der Waals surface area (Å²) in [6.45, 7) is 6.65. The second-order valence-corrected chi connectivity index (χ2v) is 7.71. The molecule has 3 aromatic rings. The van der Waals surface area contributed by atoms with E-state index >= 15 is 0 Å². The number of aromatic nitrogens is 2. The van der Waals surface area contributed by atoms with Gasteiger partial charge in [-0.15, -0.1) is 0 Å². The first-order chi connectivity index (χ1) is 13.5. The van der Waals surface area contributed by atoms with E-state index in [2.05, 4.69) is 51.0 Å². The van der Waals surface area contributed by atoms with E-state index in [1.807, 2.05) is 37.6 Å². The maximum Gasteiger partial charge on any atom is 0.173 e. The van der Waals surface area contributed by atoms with E-state index in [1.54, 1.807) is 6.20 Å². The Bertz CT molecular complexity index is 924. The Labute approximate surface area is 177 Å². The van der Waals surface area contributed by atoms with Gasteiger partial charge in [-0.2, -0.15) is 0 Å². The molecule has 0 amide bonds. The maximum absolute atomic E-state index is 6.38. The molecule has 0 saturated heterocycles. The molecule has 0 unspecified atom stereocenters. The van der Waals surface area contributed by atoms with Crippen molar-refractivity contribution in [1.29, 1.82) is 0 Å². The minimum Gasteiger partial charge on any atom is -0.345 e. The van der Waals surface area contributed by atoms with Gasteiger partial charge in [0.1, 0.15) is 0 Å². The number of aryl methyl sites for hydroxylation is 3. The molecule has 4 nitrogen and oxygen atoms in total. The van der Waals surface area contributed by atoms with Gasteiger partial charge in [-0.25, -0.2) is 4.98 Å². The molecule has 1 N–H and O–H groups in total. The highest BCUT2D eigenvalue weighted by molar-refractivity contribution is 7.80. The summed E-state index contributed by atoms with van der Waals surface area (Å²) in [5.74, 6) is 0.